The highest BCUT2D eigenvalue weighted by molar-refractivity contribution is 6.06. The number of β-amino-alcohol motifs (C(OH)–C–C–N with tert-alkyl or cyclic N) is 1. The molecule has 114 valence electrons. The Kier molecular flexibility index (Phi) is 2.84. The van der Waals surface area contributed by atoms with E-state index < -0.39 is 5.60 Å². The van der Waals surface area contributed by atoms with Crippen LogP contribution in [-0.4, -0.2) is 34.0 Å². The number of hydrogen-bond donors (Lipinski definition) is 1. The van der Waals surface area contributed by atoms with Crippen LogP contribution in [0.3, 0.4) is 0 Å². The Morgan fingerprint density at radius 1 is 1.14 bits per heavy atom. The van der Waals surface area contributed by atoms with Crippen LogP contribution in [0.25, 0.3) is 0 Å². The van der Waals surface area contributed by atoms with Gasteiger partial charge in [0.2, 0.25) is 11.8 Å². The predicted molar refractivity (Wildman–Crippen MR) is 77.0 cm³/mol. The van der Waals surface area contributed by atoms with Crippen molar-refractivity contribution in [1.29, 1.82) is 0 Å². The van der Waals surface area contributed by atoms with Crippen molar-refractivity contribution in [1.82, 2.24) is 4.90 Å². The molecular weight excluding hydrogens is 266 g/mol. The maximum Gasteiger partial charge on any atom is 0.233 e. The molecule has 1 heterocycles. The van der Waals surface area contributed by atoms with Crippen molar-refractivity contribution in [2.24, 2.45) is 29.6 Å². The van der Waals surface area contributed by atoms with E-state index in [0.717, 1.165) is 19.3 Å². The van der Waals surface area contributed by atoms with E-state index in [9.17, 15) is 14.7 Å². The van der Waals surface area contributed by atoms with Crippen LogP contribution in [0.1, 0.15) is 39.0 Å². The Bertz CT molecular complexity index is 488. The summed E-state index contributed by atoms with van der Waals surface area (Å²) in [5.41, 5.74) is -0.858. The van der Waals surface area contributed by atoms with Crippen LogP contribution in [0, 0.1) is 29.6 Å². The standard InChI is InChI=1S/C17H23NO3/c1-10-4-6-17(21,7-5-10)9-18-15(19)13-11-2-3-12(8-11)14(13)16(18)20/h2-3,10-14,21H,4-9H2,1H3. The first-order valence-electron chi connectivity index (χ1n) is 8.24. The van der Waals surface area contributed by atoms with E-state index in [1.54, 1.807) is 0 Å². The number of aliphatic hydroxyl groups is 1. The Morgan fingerprint density at radius 2 is 1.67 bits per heavy atom. The first-order valence-corrected chi connectivity index (χ1v) is 8.24. The zero-order valence-electron chi connectivity index (χ0n) is 12.5. The summed E-state index contributed by atoms with van der Waals surface area (Å²) < 4.78 is 0. The predicted octanol–water partition coefficient (Wildman–Crippen LogP) is 1.73. The number of allylic oxidation sites excluding steroid dienone is 2. The number of carbonyl (C=O) groups is 2. The fourth-order valence-electron chi connectivity index (χ4n) is 4.87. The highest BCUT2D eigenvalue weighted by Gasteiger charge is 2.60. The fraction of sp³-hybridized carbons (Fsp3) is 0.765. The van der Waals surface area contributed by atoms with Gasteiger partial charge in [0.25, 0.3) is 0 Å². The first kappa shape index (κ1) is 13.5. The number of nitrogens with zero attached hydrogens (tertiary/aromatic N) is 1. The maximum absolute atomic E-state index is 12.6. The highest BCUT2D eigenvalue weighted by Crippen LogP contribution is 2.52. The molecule has 4 atom stereocenters. The molecule has 4 nitrogen and oxygen atoms in total. The summed E-state index contributed by atoms with van der Waals surface area (Å²) in [4.78, 5) is 26.6. The topological polar surface area (TPSA) is 57.6 Å². The summed E-state index contributed by atoms with van der Waals surface area (Å²) in [6.07, 6.45) is 8.54. The summed E-state index contributed by atoms with van der Waals surface area (Å²) in [5, 5.41) is 10.7. The van der Waals surface area contributed by atoms with Crippen molar-refractivity contribution in [3.63, 3.8) is 0 Å². The van der Waals surface area contributed by atoms with Gasteiger partial charge in [-0.2, -0.15) is 0 Å². The Morgan fingerprint density at radius 3 is 2.19 bits per heavy atom. The molecule has 1 N–H and O–H groups in total. The fourth-order valence-corrected chi connectivity index (χ4v) is 4.87. The van der Waals surface area contributed by atoms with E-state index >= 15 is 0 Å². The molecule has 4 unspecified atom stereocenters. The summed E-state index contributed by atoms with van der Waals surface area (Å²) in [6.45, 7) is 2.41. The molecule has 1 aliphatic heterocycles. The molecular formula is C17H23NO3. The second-order valence-corrected chi connectivity index (χ2v) is 7.67. The van der Waals surface area contributed by atoms with Gasteiger partial charge in [-0.3, -0.25) is 14.5 Å². The molecule has 2 saturated carbocycles. The zero-order chi connectivity index (χ0) is 14.8. The van der Waals surface area contributed by atoms with Gasteiger partial charge in [-0.1, -0.05) is 19.1 Å². The van der Waals surface area contributed by atoms with Crippen molar-refractivity contribution < 1.29 is 14.7 Å². The average Bonchev–Trinajstić information content (AvgIpc) is 3.12. The Hall–Kier alpha value is -1.16. The van der Waals surface area contributed by atoms with Gasteiger partial charge < -0.3 is 5.11 Å². The largest absolute Gasteiger partial charge is 0.388 e. The average molecular weight is 289 g/mol. The third-order valence-corrected chi connectivity index (χ3v) is 6.22. The molecule has 3 aliphatic carbocycles. The summed E-state index contributed by atoms with van der Waals surface area (Å²) in [7, 11) is 0. The van der Waals surface area contributed by atoms with Gasteiger partial charge in [-0.15, -0.1) is 0 Å². The molecule has 0 spiro atoms. The molecule has 2 bridgehead atoms. The van der Waals surface area contributed by atoms with Crippen LogP contribution in [-0.2, 0) is 9.59 Å². The Balaban J connectivity index is 1.52. The molecule has 0 aromatic heterocycles. The number of rotatable bonds is 2. The van der Waals surface area contributed by atoms with Crippen molar-refractivity contribution >= 4 is 11.8 Å². The van der Waals surface area contributed by atoms with Crippen molar-refractivity contribution in [3.05, 3.63) is 12.2 Å². The van der Waals surface area contributed by atoms with Crippen LogP contribution < -0.4 is 0 Å². The number of carbonyl (C=O) groups excluding carboxylic acids is 2. The van der Waals surface area contributed by atoms with Crippen molar-refractivity contribution in [2.75, 3.05) is 6.54 Å². The monoisotopic (exact) mass is 289 g/mol. The number of amides is 2. The second-order valence-electron chi connectivity index (χ2n) is 7.67. The second kappa shape index (κ2) is 4.42. The van der Waals surface area contributed by atoms with E-state index in [-0.39, 0.29) is 42.0 Å². The molecule has 0 aromatic carbocycles. The highest BCUT2D eigenvalue weighted by atomic mass is 16.3. The van der Waals surface area contributed by atoms with E-state index in [1.165, 1.54) is 4.90 Å². The van der Waals surface area contributed by atoms with Crippen LogP contribution in [0.4, 0.5) is 0 Å². The van der Waals surface area contributed by atoms with E-state index in [0.29, 0.717) is 18.8 Å². The normalized spacial score (nSPS) is 48.3. The van der Waals surface area contributed by atoms with Crippen molar-refractivity contribution in [2.45, 2.75) is 44.6 Å². The summed E-state index contributed by atoms with van der Waals surface area (Å²) in [6, 6.07) is 0. The van der Waals surface area contributed by atoms with Gasteiger partial charge in [0.15, 0.2) is 0 Å². The number of imide groups is 1. The SMILES string of the molecule is CC1CCC(O)(CN2C(=O)C3C4C=CC(C4)C3C2=O)CC1. The third kappa shape index (κ3) is 1.91. The molecule has 0 aromatic rings. The summed E-state index contributed by atoms with van der Waals surface area (Å²) >= 11 is 0. The molecule has 1 saturated heterocycles. The lowest BCUT2D eigenvalue weighted by molar-refractivity contribution is -0.146. The van der Waals surface area contributed by atoms with E-state index in [2.05, 4.69) is 19.1 Å². The van der Waals surface area contributed by atoms with Gasteiger partial charge in [0, 0.05) is 0 Å². The van der Waals surface area contributed by atoms with Crippen LogP contribution in [0.15, 0.2) is 12.2 Å². The zero-order valence-corrected chi connectivity index (χ0v) is 12.5. The van der Waals surface area contributed by atoms with Crippen LogP contribution in [0.5, 0.6) is 0 Å². The lowest BCUT2D eigenvalue weighted by atomic mass is 9.79. The summed E-state index contributed by atoms with van der Waals surface area (Å²) in [5.74, 6) is 0.791. The Labute approximate surface area is 125 Å². The first-order chi connectivity index (χ1) is 9.98. The van der Waals surface area contributed by atoms with Crippen molar-refractivity contribution in [3.8, 4) is 0 Å². The van der Waals surface area contributed by atoms with Crippen LogP contribution >= 0.6 is 0 Å². The van der Waals surface area contributed by atoms with Gasteiger partial charge >= 0.3 is 0 Å². The lowest BCUT2D eigenvalue weighted by Crippen LogP contribution is -2.48. The molecule has 2 amide bonds. The quantitative estimate of drug-likeness (QED) is 0.622. The third-order valence-electron chi connectivity index (χ3n) is 6.22. The maximum atomic E-state index is 12.6. The number of fused-ring (bicyclic) bond motifs is 5. The molecule has 0 radical (unpaired) electrons. The van der Waals surface area contributed by atoms with E-state index in [1.807, 2.05) is 0 Å². The minimum atomic E-state index is -0.858. The molecule has 4 heteroatoms. The lowest BCUT2D eigenvalue weighted by Gasteiger charge is -2.37. The minimum absolute atomic E-state index is 0.0334. The van der Waals surface area contributed by atoms with Gasteiger partial charge in [-0.25, -0.2) is 0 Å². The molecule has 4 rings (SSSR count). The van der Waals surface area contributed by atoms with Gasteiger partial charge in [0.05, 0.1) is 24.0 Å². The number of hydrogen-bond acceptors (Lipinski definition) is 3. The number of likely N-dealkylation sites (tertiary alicyclic amines) is 1. The van der Waals surface area contributed by atoms with Gasteiger partial charge in [-0.05, 0) is 49.9 Å². The van der Waals surface area contributed by atoms with Gasteiger partial charge in [0.1, 0.15) is 0 Å². The molecule has 3 fully saturated rings. The smallest absolute Gasteiger partial charge is 0.233 e. The van der Waals surface area contributed by atoms with E-state index in [4.69, 9.17) is 0 Å². The minimum Gasteiger partial charge on any atom is -0.388 e. The van der Waals surface area contributed by atoms with Crippen LogP contribution in [0.2, 0.25) is 0 Å². The molecule has 21 heavy (non-hydrogen) atoms. The molecule has 4 aliphatic rings.